The van der Waals surface area contributed by atoms with E-state index in [2.05, 4.69) is 52.0 Å². The molecule has 0 spiro atoms. The van der Waals surface area contributed by atoms with Crippen LogP contribution in [0.3, 0.4) is 0 Å². The molecule has 0 saturated carbocycles. The normalized spacial score (nSPS) is 12.8. The molecule has 0 fully saturated rings. The van der Waals surface area contributed by atoms with Crippen molar-refractivity contribution in [3.8, 4) is 0 Å². The van der Waals surface area contributed by atoms with E-state index in [1.54, 1.807) is 0 Å². The highest BCUT2D eigenvalue weighted by Crippen LogP contribution is 2.02. The van der Waals surface area contributed by atoms with E-state index in [9.17, 15) is 0 Å². The maximum Gasteiger partial charge on any atom is -0.0324 e. The van der Waals surface area contributed by atoms with Gasteiger partial charge in [0.1, 0.15) is 0 Å². The van der Waals surface area contributed by atoms with Gasteiger partial charge in [-0.3, -0.25) is 0 Å². The van der Waals surface area contributed by atoms with Gasteiger partial charge in [-0.05, 0) is 24.7 Å². The zero-order chi connectivity index (χ0) is 9.40. The second kappa shape index (κ2) is 7.15. The monoisotopic (exact) mass is 166 g/mol. The number of hydrogen-bond acceptors (Lipinski definition) is 0. The van der Waals surface area contributed by atoms with Gasteiger partial charge in [-0.25, -0.2) is 0 Å². The molecule has 0 amide bonds. The SMILES string of the molecule is CC(C)C/C=C/C=C/CC(C)C. The molecular weight excluding hydrogens is 144 g/mol. The van der Waals surface area contributed by atoms with Crippen molar-refractivity contribution in [1.29, 1.82) is 0 Å². The summed E-state index contributed by atoms with van der Waals surface area (Å²) in [4.78, 5) is 0. The van der Waals surface area contributed by atoms with E-state index in [0.29, 0.717) is 0 Å². The van der Waals surface area contributed by atoms with Gasteiger partial charge in [0.05, 0.1) is 0 Å². The van der Waals surface area contributed by atoms with Gasteiger partial charge in [-0.1, -0.05) is 52.0 Å². The number of hydrogen-bond donors (Lipinski definition) is 0. The van der Waals surface area contributed by atoms with E-state index in [4.69, 9.17) is 0 Å². The lowest BCUT2D eigenvalue weighted by atomic mass is 10.1. The predicted molar refractivity (Wildman–Crippen MR) is 57.2 cm³/mol. The standard InChI is InChI=1S/C12H22/c1-11(2)9-7-5-6-8-10-12(3)4/h5-8,11-12H,9-10H2,1-4H3/b7-5+,8-6+. The number of allylic oxidation sites excluding steroid dienone is 4. The Bertz CT molecular complexity index is 120. The molecule has 0 nitrogen and oxygen atoms in total. The molecule has 0 atom stereocenters. The quantitative estimate of drug-likeness (QED) is 0.537. The fourth-order valence-electron chi connectivity index (χ4n) is 0.859. The van der Waals surface area contributed by atoms with Crippen LogP contribution in [-0.4, -0.2) is 0 Å². The van der Waals surface area contributed by atoms with E-state index >= 15 is 0 Å². The molecule has 0 radical (unpaired) electrons. The first-order chi connectivity index (χ1) is 5.63. The van der Waals surface area contributed by atoms with Crippen LogP contribution >= 0.6 is 0 Å². The summed E-state index contributed by atoms with van der Waals surface area (Å²) in [5.74, 6) is 1.56. The third-order valence-electron chi connectivity index (χ3n) is 1.60. The molecule has 0 heterocycles. The Morgan fingerprint density at radius 3 is 1.33 bits per heavy atom. The highest BCUT2D eigenvalue weighted by atomic mass is 13.9. The van der Waals surface area contributed by atoms with E-state index in [-0.39, 0.29) is 0 Å². The van der Waals surface area contributed by atoms with Crippen molar-refractivity contribution >= 4 is 0 Å². The minimum atomic E-state index is 0.778. The first-order valence-electron chi connectivity index (χ1n) is 4.94. The van der Waals surface area contributed by atoms with Crippen molar-refractivity contribution in [1.82, 2.24) is 0 Å². The first kappa shape index (κ1) is 11.5. The van der Waals surface area contributed by atoms with Crippen molar-refractivity contribution in [2.24, 2.45) is 11.8 Å². The molecule has 0 aromatic rings. The molecule has 0 aliphatic carbocycles. The highest BCUT2D eigenvalue weighted by Gasteiger charge is 1.86. The summed E-state index contributed by atoms with van der Waals surface area (Å²) in [6, 6.07) is 0. The largest absolute Gasteiger partial charge is 0.0843 e. The van der Waals surface area contributed by atoms with Crippen LogP contribution in [0.2, 0.25) is 0 Å². The van der Waals surface area contributed by atoms with Gasteiger partial charge in [0.25, 0.3) is 0 Å². The van der Waals surface area contributed by atoms with Crippen molar-refractivity contribution in [2.75, 3.05) is 0 Å². The fourth-order valence-corrected chi connectivity index (χ4v) is 0.859. The van der Waals surface area contributed by atoms with Crippen LogP contribution in [0, 0.1) is 11.8 Å². The third kappa shape index (κ3) is 9.48. The average molecular weight is 166 g/mol. The molecule has 0 N–H and O–H groups in total. The Labute approximate surface area is 77.4 Å². The molecule has 0 aromatic heterocycles. The van der Waals surface area contributed by atoms with Gasteiger partial charge in [0.2, 0.25) is 0 Å². The molecule has 70 valence electrons. The Hall–Kier alpha value is -0.520. The molecule has 0 aromatic carbocycles. The second-order valence-electron chi connectivity index (χ2n) is 4.12. The zero-order valence-corrected chi connectivity index (χ0v) is 8.88. The van der Waals surface area contributed by atoms with Crippen LogP contribution < -0.4 is 0 Å². The minimum Gasteiger partial charge on any atom is -0.0843 e. The predicted octanol–water partition coefficient (Wildman–Crippen LogP) is 4.19. The maximum atomic E-state index is 2.24. The van der Waals surface area contributed by atoms with Gasteiger partial charge in [0.15, 0.2) is 0 Å². The minimum absolute atomic E-state index is 0.778. The lowest BCUT2D eigenvalue weighted by Crippen LogP contribution is -1.81. The molecular formula is C12H22. The lowest BCUT2D eigenvalue weighted by Gasteiger charge is -1.96. The summed E-state index contributed by atoms with van der Waals surface area (Å²) in [7, 11) is 0. The van der Waals surface area contributed by atoms with Gasteiger partial charge < -0.3 is 0 Å². The molecule has 0 rings (SSSR count). The molecule has 0 heteroatoms. The van der Waals surface area contributed by atoms with Crippen molar-refractivity contribution < 1.29 is 0 Å². The van der Waals surface area contributed by atoms with Gasteiger partial charge in [0, 0.05) is 0 Å². The van der Waals surface area contributed by atoms with Crippen molar-refractivity contribution in [2.45, 2.75) is 40.5 Å². The molecule has 0 aliphatic rings. The van der Waals surface area contributed by atoms with E-state index in [1.807, 2.05) is 0 Å². The van der Waals surface area contributed by atoms with Crippen LogP contribution in [0.25, 0.3) is 0 Å². The summed E-state index contributed by atoms with van der Waals surface area (Å²) < 4.78 is 0. The van der Waals surface area contributed by atoms with Crippen molar-refractivity contribution in [3.05, 3.63) is 24.3 Å². The summed E-state index contributed by atoms with van der Waals surface area (Å²) in [5.41, 5.74) is 0. The number of rotatable bonds is 5. The average Bonchev–Trinajstić information content (AvgIpc) is 1.95. The summed E-state index contributed by atoms with van der Waals surface area (Å²) in [6.45, 7) is 8.95. The summed E-state index contributed by atoms with van der Waals surface area (Å²) in [5, 5.41) is 0. The molecule has 0 bridgehead atoms. The molecule has 0 unspecified atom stereocenters. The lowest BCUT2D eigenvalue weighted by molar-refractivity contribution is 0.661. The van der Waals surface area contributed by atoms with Gasteiger partial charge >= 0.3 is 0 Å². The summed E-state index contributed by atoms with van der Waals surface area (Å²) in [6.07, 6.45) is 11.2. The van der Waals surface area contributed by atoms with E-state index in [1.165, 1.54) is 12.8 Å². The highest BCUT2D eigenvalue weighted by molar-refractivity contribution is 5.02. The molecule has 12 heavy (non-hydrogen) atoms. The van der Waals surface area contributed by atoms with E-state index in [0.717, 1.165) is 11.8 Å². The Morgan fingerprint density at radius 2 is 1.08 bits per heavy atom. The van der Waals surface area contributed by atoms with Gasteiger partial charge in [-0.2, -0.15) is 0 Å². The first-order valence-corrected chi connectivity index (χ1v) is 4.94. The van der Waals surface area contributed by atoms with Crippen LogP contribution in [0.15, 0.2) is 24.3 Å². The summed E-state index contributed by atoms with van der Waals surface area (Å²) >= 11 is 0. The Balaban J connectivity index is 3.39. The maximum absolute atomic E-state index is 2.24. The van der Waals surface area contributed by atoms with E-state index < -0.39 is 0 Å². The smallest absolute Gasteiger partial charge is 0.0324 e. The van der Waals surface area contributed by atoms with Crippen LogP contribution in [0.1, 0.15) is 40.5 Å². The Kier molecular flexibility index (Phi) is 6.84. The van der Waals surface area contributed by atoms with Crippen LogP contribution in [0.5, 0.6) is 0 Å². The fraction of sp³-hybridized carbons (Fsp3) is 0.667. The van der Waals surface area contributed by atoms with Crippen LogP contribution in [0.4, 0.5) is 0 Å². The zero-order valence-electron chi connectivity index (χ0n) is 8.88. The Morgan fingerprint density at radius 1 is 0.750 bits per heavy atom. The second-order valence-corrected chi connectivity index (χ2v) is 4.12. The van der Waals surface area contributed by atoms with Crippen molar-refractivity contribution in [3.63, 3.8) is 0 Å². The molecule has 0 saturated heterocycles. The van der Waals surface area contributed by atoms with Gasteiger partial charge in [-0.15, -0.1) is 0 Å². The third-order valence-corrected chi connectivity index (χ3v) is 1.60. The molecule has 0 aliphatic heterocycles. The van der Waals surface area contributed by atoms with Crippen LogP contribution in [-0.2, 0) is 0 Å². The topological polar surface area (TPSA) is 0 Å².